The standard InChI is InChI=1S/C17H14O4/c1-11-14(18)8-7-13-15(9-16(19)21-17(11)13)20-10-12-5-3-2-4-6-12/h2-9,18H,10H2,1H3. The second-order valence-corrected chi connectivity index (χ2v) is 4.79. The van der Waals surface area contributed by atoms with E-state index < -0.39 is 5.63 Å². The van der Waals surface area contributed by atoms with Gasteiger partial charge in [0.15, 0.2) is 0 Å². The molecule has 0 radical (unpaired) electrons. The molecule has 0 spiro atoms. The molecule has 0 bridgehead atoms. The number of hydrogen-bond donors (Lipinski definition) is 1. The van der Waals surface area contributed by atoms with Crippen molar-refractivity contribution in [2.75, 3.05) is 0 Å². The smallest absolute Gasteiger partial charge is 0.339 e. The Morgan fingerprint density at radius 2 is 1.90 bits per heavy atom. The van der Waals surface area contributed by atoms with Gasteiger partial charge in [-0.3, -0.25) is 0 Å². The van der Waals surface area contributed by atoms with Gasteiger partial charge in [0, 0.05) is 5.56 Å². The Labute approximate surface area is 121 Å². The van der Waals surface area contributed by atoms with Gasteiger partial charge in [-0.25, -0.2) is 4.79 Å². The molecule has 0 atom stereocenters. The molecule has 0 aliphatic carbocycles. The number of fused-ring (bicyclic) bond motifs is 1. The zero-order valence-corrected chi connectivity index (χ0v) is 11.5. The minimum absolute atomic E-state index is 0.0888. The van der Waals surface area contributed by atoms with E-state index in [9.17, 15) is 9.90 Å². The molecule has 0 unspecified atom stereocenters. The highest BCUT2D eigenvalue weighted by atomic mass is 16.5. The van der Waals surface area contributed by atoms with Crippen LogP contribution in [0.5, 0.6) is 11.5 Å². The van der Waals surface area contributed by atoms with Gasteiger partial charge in [0.1, 0.15) is 23.7 Å². The number of phenols is 1. The zero-order chi connectivity index (χ0) is 14.8. The summed E-state index contributed by atoms with van der Waals surface area (Å²) in [7, 11) is 0. The molecular weight excluding hydrogens is 268 g/mol. The van der Waals surface area contributed by atoms with Crippen LogP contribution in [0.1, 0.15) is 11.1 Å². The first-order chi connectivity index (χ1) is 10.1. The van der Waals surface area contributed by atoms with E-state index in [1.165, 1.54) is 6.07 Å². The largest absolute Gasteiger partial charge is 0.508 e. The number of rotatable bonds is 3. The Balaban J connectivity index is 2.02. The lowest BCUT2D eigenvalue weighted by Gasteiger charge is -2.10. The first kappa shape index (κ1) is 13.2. The lowest BCUT2D eigenvalue weighted by molar-refractivity contribution is 0.307. The van der Waals surface area contributed by atoms with Crippen LogP contribution in [0, 0.1) is 6.92 Å². The van der Waals surface area contributed by atoms with Gasteiger partial charge in [-0.1, -0.05) is 30.3 Å². The number of benzene rings is 2. The molecule has 0 aliphatic heterocycles. The maximum Gasteiger partial charge on any atom is 0.339 e. The number of hydrogen-bond acceptors (Lipinski definition) is 4. The van der Waals surface area contributed by atoms with Gasteiger partial charge in [-0.15, -0.1) is 0 Å². The van der Waals surface area contributed by atoms with Crippen molar-refractivity contribution in [1.82, 2.24) is 0 Å². The zero-order valence-electron chi connectivity index (χ0n) is 11.5. The van der Waals surface area contributed by atoms with E-state index in [0.717, 1.165) is 5.56 Å². The Hall–Kier alpha value is -2.75. The molecule has 0 amide bonds. The summed E-state index contributed by atoms with van der Waals surface area (Å²) in [5.74, 6) is 0.541. The fraction of sp³-hybridized carbons (Fsp3) is 0.118. The maximum absolute atomic E-state index is 11.7. The lowest BCUT2D eigenvalue weighted by Crippen LogP contribution is -2.02. The molecule has 1 heterocycles. The summed E-state index contributed by atoms with van der Waals surface area (Å²) in [6.45, 7) is 2.06. The summed E-state index contributed by atoms with van der Waals surface area (Å²) in [4.78, 5) is 11.7. The minimum atomic E-state index is -0.501. The molecule has 2 aromatic carbocycles. The molecule has 0 aliphatic rings. The van der Waals surface area contributed by atoms with Crippen molar-refractivity contribution in [1.29, 1.82) is 0 Å². The Morgan fingerprint density at radius 3 is 2.67 bits per heavy atom. The molecule has 4 nitrogen and oxygen atoms in total. The predicted octanol–water partition coefficient (Wildman–Crippen LogP) is 3.39. The Kier molecular flexibility index (Phi) is 3.36. The molecule has 21 heavy (non-hydrogen) atoms. The van der Waals surface area contributed by atoms with Gasteiger partial charge in [-0.05, 0) is 24.6 Å². The average Bonchev–Trinajstić information content (AvgIpc) is 2.50. The SMILES string of the molecule is Cc1c(O)ccc2c(OCc3ccccc3)cc(=O)oc12. The summed E-state index contributed by atoms with van der Waals surface area (Å²) >= 11 is 0. The van der Waals surface area contributed by atoms with E-state index in [4.69, 9.17) is 9.15 Å². The van der Waals surface area contributed by atoms with Gasteiger partial charge in [0.25, 0.3) is 0 Å². The van der Waals surface area contributed by atoms with Crippen molar-refractivity contribution in [3.8, 4) is 11.5 Å². The third-order valence-corrected chi connectivity index (χ3v) is 3.33. The van der Waals surface area contributed by atoms with Crippen molar-refractivity contribution in [2.24, 2.45) is 0 Å². The first-order valence-electron chi connectivity index (χ1n) is 6.58. The van der Waals surface area contributed by atoms with Crippen LogP contribution in [0.25, 0.3) is 11.0 Å². The van der Waals surface area contributed by atoms with Crippen molar-refractivity contribution >= 4 is 11.0 Å². The van der Waals surface area contributed by atoms with Crippen molar-refractivity contribution in [3.05, 3.63) is 70.1 Å². The van der Waals surface area contributed by atoms with Crippen LogP contribution in [0.3, 0.4) is 0 Å². The Morgan fingerprint density at radius 1 is 1.14 bits per heavy atom. The van der Waals surface area contributed by atoms with Gasteiger partial charge < -0.3 is 14.3 Å². The molecule has 106 valence electrons. The monoisotopic (exact) mass is 282 g/mol. The lowest BCUT2D eigenvalue weighted by atomic mass is 10.1. The number of phenolic OH excluding ortho intramolecular Hbond substituents is 1. The molecular formula is C17H14O4. The maximum atomic E-state index is 11.7. The van der Waals surface area contributed by atoms with Crippen LogP contribution >= 0.6 is 0 Å². The third kappa shape index (κ3) is 2.60. The quantitative estimate of drug-likeness (QED) is 0.748. The molecule has 1 N–H and O–H groups in total. The number of ether oxygens (including phenoxy) is 1. The number of aromatic hydroxyl groups is 1. The number of aryl methyl sites for hydroxylation is 1. The molecule has 3 aromatic rings. The second kappa shape index (κ2) is 5.32. The summed E-state index contributed by atoms with van der Waals surface area (Å²) in [5, 5.41) is 10.4. The van der Waals surface area contributed by atoms with Crippen molar-refractivity contribution < 1.29 is 14.3 Å². The Bertz CT molecular complexity index is 835. The molecule has 3 rings (SSSR count). The normalized spacial score (nSPS) is 10.7. The minimum Gasteiger partial charge on any atom is -0.508 e. The molecule has 0 saturated carbocycles. The van der Waals surface area contributed by atoms with E-state index in [0.29, 0.717) is 28.9 Å². The first-order valence-corrected chi connectivity index (χ1v) is 6.58. The van der Waals surface area contributed by atoms with Gasteiger partial charge in [-0.2, -0.15) is 0 Å². The van der Waals surface area contributed by atoms with E-state index in [1.807, 2.05) is 30.3 Å². The molecule has 4 heteroatoms. The van der Waals surface area contributed by atoms with E-state index in [1.54, 1.807) is 19.1 Å². The summed E-state index contributed by atoms with van der Waals surface area (Å²) < 4.78 is 10.9. The van der Waals surface area contributed by atoms with Crippen LogP contribution in [0.15, 0.2) is 57.7 Å². The predicted molar refractivity (Wildman–Crippen MR) is 79.7 cm³/mol. The highest BCUT2D eigenvalue weighted by molar-refractivity contribution is 5.87. The van der Waals surface area contributed by atoms with Gasteiger partial charge in [0.05, 0.1) is 11.5 Å². The van der Waals surface area contributed by atoms with Crippen molar-refractivity contribution in [3.63, 3.8) is 0 Å². The molecule has 0 fully saturated rings. The van der Waals surface area contributed by atoms with Crippen LogP contribution in [0.2, 0.25) is 0 Å². The van der Waals surface area contributed by atoms with E-state index in [2.05, 4.69) is 0 Å². The average molecular weight is 282 g/mol. The summed E-state index contributed by atoms with van der Waals surface area (Å²) in [6.07, 6.45) is 0. The van der Waals surface area contributed by atoms with Crippen LogP contribution in [0.4, 0.5) is 0 Å². The summed E-state index contributed by atoms with van der Waals surface area (Å²) in [6, 6.07) is 14.3. The fourth-order valence-electron chi connectivity index (χ4n) is 2.18. The van der Waals surface area contributed by atoms with Crippen LogP contribution in [-0.2, 0) is 6.61 Å². The van der Waals surface area contributed by atoms with Gasteiger partial charge in [0.2, 0.25) is 0 Å². The van der Waals surface area contributed by atoms with E-state index in [-0.39, 0.29) is 5.75 Å². The third-order valence-electron chi connectivity index (χ3n) is 3.33. The molecule has 1 aromatic heterocycles. The van der Waals surface area contributed by atoms with Crippen molar-refractivity contribution in [2.45, 2.75) is 13.5 Å². The molecule has 0 saturated heterocycles. The van der Waals surface area contributed by atoms with Gasteiger partial charge >= 0.3 is 5.63 Å². The topological polar surface area (TPSA) is 59.7 Å². The summed E-state index contributed by atoms with van der Waals surface area (Å²) in [5.41, 5.74) is 1.38. The highest BCUT2D eigenvalue weighted by Gasteiger charge is 2.11. The van der Waals surface area contributed by atoms with E-state index >= 15 is 0 Å². The second-order valence-electron chi connectivity index (χ2n) is 4.79. The highest BCUT2D eigenvalue weighted by Crippen LogP contribution is 2.31. The van der Waals surface area contributed by atoms with Crippen LogP contribution < -0.4 is 10.4 Å². The fourth-order valence-corrected chi connectivity index (χ4v) is 2.18. The van der Waals surface area contributed by atoms with Crippen LogP contribution in [-0.4, -0.2) is 5.11 Å².